The monoisotopic (exact) mass is 434 g/mol. The minimum Gasteiger partial charge on any atom is -0.497 e. The minimum atomic E-state index is -0.523. The number of aldehydes is 1. The average molecular weight is 434 g/mol. The number of carbonyl (C=O) groups is 2. The highest BCUT2D eigenvalue weighted by Gasteiger charge is 2.08. The normalized spacial score (nSPS) is 9.13. The number of hydrogen-bond donors (Lipinski definition) is 0. The van der Waals surface area contributed by atoms with E-state index in [-0.39, 0.29) is 23.5 Å². The standard InChI is InChI=1S/C12H13NO5.C7H7NO3.C2H6/c14-9-3-1-2-4-12(15)18-11-7-5-10(6-8-11)13(16)17;1-11-7-4-2-6(3-5-7)8(9)10;1-2/h5-9H,1-4H2;2-5H,1H3;1-2H3. The molecule has 0 unspecified atom stereocenters. The van der Waals surface area contributed by atoms with Gasteiger partial charge >= 0.3 is 5.97 Å². The fourth-order valence-electron chi connectivity index (χ4n) is 2.02. The molecule has 0 radical (unpaired) electrons. The smallest absolute Gasteiger partial charge is 0.311 e. The van der Waals surface area contributed by atoms with Crippen molar-refractivity contribution in [1.82, 2.24) is 0 Å². The highest BCUT2D eigenvalue weighted by molar-refractivity contribution is 5.72. The van der Waals surface area contributed by atoms with Crippen LogP contribution in [0.15, 0.2) is 48.5 Å². The number of hydrogen-bond acceptors (Lipinski definition) is 8. The zero-order valence-corrected chi connectivity index (χ0v) is 17.7. The molecule has 2 aromatic rings. The Morgan fingerprint density at radius 3 is 1.71 bits per heavy atom. The Kier molecular flexibility index (Phi) is 14.1. The lowest BCUT2D eigenvalue weighted by Gasteiger charge is -2.03. The maximum Gasteiger partial charge on any atom is 0.311 e. The molecule has 168 valence electrons. The first-order valence-corrected chi connectivity index (χ1v) is 9.54. The van der Waals surface area contributed by atoms with Crippen molar-refractivity contribution in [2.24, 2.45) is 0 Å². The topological polar surface area (TPSA) is 139 Å². The van der Waals surface area contributed by atoms with Crippen LogP contribution in [-0.2, 0) is 9.59 Å². The van der Waals surface area contributed by atoms with Gasteiger partial charge in [-0.15, -0.1) is 0 Å². The van der Waals surface area contributed by atoms with Crippen LogP contribution < -0.4 is 9.47 Å². The number of carbonyl (C=O) groups excluding carboxylic acids is 2. The van der Waals surface area contributed by atoms with E-state index in [2.05, 4.69) is 0 Å². The fourth-order valence-corrected chi connectivity index (χ4v) is 2.02. The maximum atomic E-state index is 11.3. The van der Waals surface area contributed by atoms with Crippen LogP contribution >= 0.6 is 0 Å². The summed E-state index contributed by atoms with van der Waals surface area (Å²) in [5, 5.41) is 20.6. The molecule has 0 aliphatic heterocycles. The second kappa shape index (κ2) is 16.0. The highest BCUT2D eigenvalue weighted by atomic mass is 16.6. The van der Waals surface area contributed by atoms with Gasteiger partial charge in [-0.3, -0.25) is 25.0 Å². The van der Waals surface area contributed by atoms with Gasteiger partial charge in [0.15, 0.2) is 0 Å². The van der Waals surface area contributed by atoms with Gasteiger partial charge in [0.05, 0.1) is 17.0 Å². The van der Waals surface area contributed by atoms with E-state index in [1.54, 1.807) is 12.1 Å². The molecule has 0 aliphatic carbocycles. The Hall–Kier alpha value is -3.82. The van der Waals surface area contributed by atoms with E-state index in [4.69, 9.17) is 9.47 Å². The lowest BCUT2D eigenvalue weighted by molar-refractivity contribution is -0.385. The van der Waals surface area contributed by atoms with Crippen molar-refractivity contribution in [1.29, 1.82) is 0 Å². The summed E-state index contributed by atoms with van der Waals surface area (Å²) in [5.41, 5.74) is 0.0200. The molecular formula is C21H26N2O8. The van der Waals surface area contributed by atoms with E-state index < -0.39 is 15.8 Å². The molecule has 0 N–H and O–H groups in total. The largest absolute Gasteiger partial charge is 0.497 e. The number of nitro benzene ring substituents is 2. The van der Waals surface area contributed by atoms with E-state index in [9.17, 15) is 29.8 Å². The summed E-state index contributed by atoms with van der Waals surface area (Å²) >= 11 is 0. The molecule has 0 atom stereocenters. The molecule has 0 saturated heterocycles. The molecule has 0 saturated carbocycles. The Bertz CT molecular complexity index is 820. The highest BCUT2D eigenvalue weighted by Crippen LogP contribution is 2.18. The zero-order chi connectivity index (χ0) is 23.6. The number of esters is 1. The predicted octanol–water partition coefficient (Wildman–Crippen LogP) is 4.89. The molecular weight excluding hydrogens is 408 g/mol. The fraction of sp³-hybridized carbons (Fsp3) is 0.333. The van der Waals surface area contributed by atoms with Crippen LogP contribution in [0.25, 0.3) is 0 Å². The van der Waals surface area contributed by atoms with E-state index in [0.717, 1.165) is 6.29 Å². The van der Waals surface area contributed by atoms with Gasteiger partial charge in [-0.2, -0.15) is 0 Å². The van der Waals surface area contributed by atoms with Gasteiger partial charge in [0.1, 0.15) is 17.8 Å². The molecule has 0 aromatic heterocycles. The van der Waals surface area contributed by atoms with Gasteiger partial charge in [0.25, 0.3) is 11.4 Å². The average Bonchev–Trinajstić information content (AvgIpc) is 2.79. The summed E-state index contributed by atoms with van der Waals surface area (Å²) < 4.78 is 9.81. The number of nitro groups is 2. The first kappa shape index (κ1) is 27.2. The van der Waals surface area contributed by atoms with E-state index in [0.29, 0.717) is 25.0 Å². The van der Waals surface area contributed by atoms with E-state index in [1.807, 2.05) is 13.8 Å². The second-order valence-corrected chi connectivity index (χ2v) is 5.59. The van der Waals surface area contributed by atoms with Crippen molar-refractivity contribution in [2.45, 2.75) is 39.5 Å². The van der Waals surface area contributed by atoms with E-state index in [1.165, 1.54) is 43.5 Å². The summed E-state index contributed by atoms with van der Waals surface area (Å²) in [6, 6.07) is 11.2. The predicted molar refractivity (Wildman–Crippen MR) is 114 cm³/mol. The SMILES string of the molecule is CC.COc1ccc([N+](=O)[O-])cc1.O=CCCCCC(=O)Oc1ccc([N+](=O)[O-])cc1. The third-order valence-corrected chi connectivity index (χ3v) is 3.52. The van der Waals surface area contributed by atoms with Gasteiger partial charge in [0.2, 0.25) is 0 Å². The number of rotatable bonds is 9. The first-order chi connectivity index (χ1) is 14.9. The van der Waals surface area contributed by atoms with Crippen molar-refractivity contribution >= 4 is 23.6 Å². The van der Waals surface area contributed by atoms with E-state index >= 15 is 0 Å². The molecule has 2 aromatic carbocycles. The van der Waals surface area contributed by atoms with Crippen molar-refractivity contribution in [3.05, 3.63) is 68.8 Å². The lowest BCUT2D eigenvalue weighted by Crippen LogP contribution is -2.07. The zero-order valence-electron chi connectivity index (χ0n) is 17.7. The maximum absolute atomic E-state index is 11.3. The third-order valence-electron chi connectivity index (χ3n) is 3.52. The van der Waals surface area contributed by atoms with Crippen LogP contribution in [0.2, 0.25) is 0 Å². The molecule has 0 spiro atoms. The van der Waals surface area contributed by atoms with Gasteiger partial charge in [-0.25, -0.2) is 0 Å². The number of ether oxygens (including phenoxy) is 2. The summed E-state index contributed by atoms with van der Waals surface area (Å²) in [7, 11) is 1.52. The molecule has 0 aliphatic rings. The number of unbranched alkanes of at least 4 members (excludes halogenated alkanes) is 2. The Labute approximate surface area is 180 Å². The van der Waals surface area contributed by atoms with Crippen molar-refractivity contribution in [3.63, 3.8) is 0 Å². The molecule has 2 rings (SSSR count). The molecule has 31 heavy (non-hydrogen) atoms. The van der Waals surface area contributed by atoms with Gasteiger partial charge in [0, 0.05) is 37.1 Å². The number of non-ortho nitro benzene ring substituents is 2. The van der Waals surface area contributed by atoms with Crippen molar-refractivity contribution in [3.8, 4) is 11.5 Å². The molecule has 10 nitrogen and oxygen atoms in total. The molecule has 0 fully saturated rings. The molecule has 0 heterocycles. The van der Waals surface area contributed by atoms with Crippen LogP contribution in [0.1, 0.15) is 39.5 Å². The van der Waals surface area contributed by atoms with Crippen LogP contribution in [0, 0.1) is 20.2 Å². The number of benzene rings is 2. The molecule has 0 amide bonds. The summed E-state index contributed by atoms with van der Waals surface area (Å²) in [4.78, 5) is 41.0. The molecule has 10 heteroatoms. The second-order valence-electron chi connectivity index (χ2n) is 5.59. The number of nitrogens with zero attached hydrogens (tertiary/aromatic N) is 2. The van der Waals surface area contributed by atoms with Crippen LogP contribution in [0.4, 0.5) is 11.4 Å². The Balaban J connectivity index is 0.000000591. The van der Waals surface area contributed by atoms with Gasteiger partial charge in [-0.1, -0.05) is 13.8 Å². The van der Waals surface area contributed by atoms with Gasteiger partial charge in [-0.05, 0) is 37.1 Å². The molecule has 0 bridgehead atoms. The summed E-state index contributed by atoms with van der Waals surface area (Å²) in [5.74, 6) is 0.492. The van der Waals surface area contributed by atoms with Crippen LogP contribution in [-0.4, -0.2) is 29.2 Å². The Morgan fingerprint density at radius 1 is 0.871 bits per heavy atom. The van der Waals surface area contributed by atoms with Crippen molar-refractivity contribution in [2.75, 3.05) is 7.11 Å². The first-order valence-electron chi connectivity index (χ1n) is 9.54. The quantitative estimate of drug-likeness (QED) is 0.136. The minimum absolute atomic E-state index is 0.0548. The van der Waals surface area contributed by atoms with Gasteiger partial charge < -0.3 is 14.3 Å². The third kappa shape index (κ3) is 11.7. The summed E-state index contributed by atoms with van der Waals surface area (Å²) in [6.45, 7) is 4.00. The van der Waals surface area contributed by atoms with Crippen LogP contribution in [0.3, 0.4) is 0 Å². The Morgan fingerprint density at radius 2 is 1.32 bits per heavy atom. The number of methoxy groups -OCH3 is 1. The summed E-state index contributed by atoms with van der Waals surface area (Å²) in [6.07, 6.45) is 2.71. The van der Waals surface area contributed by atoms with Crippen LogP contribution in [0.5, 0.6) is 11.5 Å². The lowest BCUT2D eigenvalue weighted by atomic mass is 10.2. The van der Waals surface area contributed by atoms with Crippen molar-refractivity contribution < 1.29 is 28.9 Å².